The molecule has 0 saturated heterocycles. The Labute approximate surface area is 205 Å². The first kappa shape index (κ1) is 27.0. The van der Waals surface area contributed by atoms with Crippen LogP contribution in [0.1, 0.15) is 31.4 Å². The summed E-state index contributed by atoms with van der Waals surface area (Å²) in [6.45, 7) is 5.62. The maximum atomic E-state index is 13.4. The summed E-state index contributed by atoms with van der Waals surface area (Å²) in [7, 11) is -3.83. The quantitative estimate of drug-likeness (QED) is 0.519. The zero-order chi connectivity index (χ0) is 24.8. The van der Waals surface area contributed by atoms with Crippen molar-refractivity contribution in [2.45, 2.75) is 39.8 Å². The average Bonchev–Trinajstić information content (AvgIpc) is 2.75. The zero-order valence-corrected chi connectivity index (χ0v) is 21.5. The van der Waals surface area contributed by atoms with E-state index in [1.54, 1.807) is 6.92 Å². The maximum Gasteiger partial charge on any atom is 0.244 e. The normalized spacial score (nSPS) is 12.2. The van der Waals surface area contributed by atoms with Crippen LogP contribution in [0.5, 0.6) is 0 Å². The molecule has 180 valence electrons. The van der Waals surface area contributed by atoms with Gasteiger partial charge in [-0.25, -0.2) is 8.42 Å². The number of benzene rings is 2. The molecule has 0 spiro atoms. The van der Waals surface area contributed by atoms with Crippen molar-refractivity contribution in [3.8, 4) is 0 Å². The van der Waals surface area contributed by atoms with Crippen molar-refractivity contribution < 1.29 is 18.0 Å². The third-order valence-corrected chi connectivity index (χ3v) is 7.07. The van der Waals surface area contributed by atoms with Crippen LogP contribution in [0.3, 0.4) is 0 Å². The van der Waals surface area contributed by atoms with Crippen LogP contribution in [0.25, 0.3) is 0 Å². The van der Waals surface area contributed by atoms with Gasteiger partial charge in [-0.1, -0.05) is 54.4 Å². The van der Waals surface area contributed by atoms with E-state index in [4.69, 9.17) is 23.2 Å². The lowest BCUT2D eigenvalue weighted by atomic mass is 10.1. The van der Waals surface area contributed by atoms with Crippen LogP contribution in [0.4, 0.5) is 5.69 Å². The van der Waals surface area contributed by atoms with E-state index >= 15 is 0 Å². The first-order chi connectivity index (χ1) is 15.5. The van der Waals surface area contributed by atoms with Crippen LogP contribution in [0, 0.1) is 6.92 Å². The van der Waals surface area contributed by atoms with Crippen molar-refractivity contribution in [3.05, 3.63) is 63.6 Å². The Morgan fingerprint density at radius 3 is 2.33 bits per heavy atom. The van der Waals surface area contributed by atoms with Gasteiger partial charge in [0.2, 0.25) is 21.8 Å². The molecule has 10 heteroatoms. The number of rotatable bonds is 10. The minimum Gasteiger partial charge on any atom is -0.354 e. The highest BCUT2D eigenvalue weighted by Gasteiger charge is 2.30. The molecule has 2 amide bonds. The van der Waals surface area contributed by atoms with Crippen molar-refractivity contribution in [2.24, 2.45) is 0 Å². The molecule has 0 bridgehead atoms. The largest absolute Gasteiger partial charge is 0.354 e. The Kier molecular flexibility index (Phi) is 9.57. The summed E-state index contributed by atoms with van der Waals surface area (Å²) < 4.78 is 26.0. The number of anilines is 1. The van der Waals surface area contributed by atoms with Crippen LogP contribution >= 0.6 is 23.2 Å². The summed E-state index contributed by atoms with van der Waals surface area (Å²) in [4.78, 5) is 27.5. The summed E-state index contributed by atoms with van der Waals surface area (Å²) in [5, 5.41) is 3.23. The number of amides is 2. The van der Waals surface area contributed by atoms with E-state index < -0.39 is 28.5 Å². The molecule has 0 aliphatic heterocycles. The molecule has 0 fully saturated rings. The Balaban J connectivity index is 2.40. The molecular formula is C23H29Cl2N3O4S. The number of nitrogens with zero attached hydrogens (tertiary/aromatic N) is 2. The highest BCUT2D eigenvalue weighted by atomic mass is 35.5. The Bertz CT molecular complexity index is 1110. The summed E-state index contributed by atoms with van der Waals surface area (Å²) >= 11 is 12.0. The molecule has 0 radical (unpaired) electrons. The third-order valence-electron chi connectivity index (χ3n) is 5.19. The van der Waals surface area contributed by atoms with E-state index in [2.05, 4.69) is 5.32 Å². The molecule has 2 aromatic rings. The highest BCUT2D eigenvalue weighted by molar-refractivity contribution is 7.92. The van der Waals surface area contributed by atoms with Gasteiger partial charge in [0.05, 0.1) is 22.0 Å². The van der Waals surface area contributed by atoms with Gasteiger partial charge in [0, 0.05) is 13.1 Å². The van der Waals surface area contributed by atoms with E-state index in [1.165, 1.54) is 23.1 Å². The Morgan fingerprint density at radius 2 is 1.76 bits per heavy atom. The summed E-state index contributed by atoms with van der Waals surface area (Å²) in [6, 6.07) is 11.1. The molecule has 1 atom stereocenters. The Hall–Kier alpha value is -2.29. The molecule has 7 nitrogen and oxygen atoms in total. The van der Waals surface area contributed by atoms with Gasteiger partial charge >= 0.3 is 0 Å². The number of carbonyl (C=O) groups excluding carboxylic acids is 2. The second-order valence-electron chi connectivity index (χ2n) is 7.78. The molecule has 0 saturated carbocycles. The molecule has 0 aliphatic rings. The maximum absolute atomic E-state index is 13.4. The van der Waals surface area contributed by atoms with Gasteiger partial charge in [-0.05, 0) is 49.6 Å². The summed E-state index contributed by atoms with van der Waals surface area (Å²) in [6.07, 6.45) is 1.76. The number of hydrogen-bond donors (Lipinski definition) is 1. The molecule has 0 unspecified atom stereocenters. The first-order valence-corrected chi connectivity index (χ1v) is 13.1. The van der Waals surface area contributed by atoms with Gasteiger partial charge in [0.1, 0.15) is 12.6 Å². The molecule has 0 heterocycles. The van der Waals surface area contributed by atoms with Crippen molar-refractivity contribution in [1.29, 1.82) is 0 Å². The molecule has 2 rings (SSSR count). The van der Waals surface area contributed by atoms with Gasteiger partial charge in [-0.2, -0.15) is 0 Å². The van der Waals surface area contributed by atoms with Gasteiger partial charge in [-0.3, -0.25) is 13.9 Å². The van der Waals surface area contributed by atoms with Gasteiger partial charge < -0.3 is 10.2 Å². The van der Waals surface area contributed by atoms with Crippen LogP contribution in [-0.2, 0) is 26.2 Å². The van der Waals surface area contributed by atoms with Crippen molar-refractivity contribution in [1.82, 2.24) is 10.2 Å². The predicted octanol–water partition coefficient (Wildman–Crippen LogP) is 4.01. The number of sulfonamides is 1. The highest BCUT2D eigenvalue weighted by Crippen LogP contribution is 2.28. The lowest BCUT2D eigenvalue weighted by molar-refractivity contribution is -0.139. The van der Waals surface area contributed by atoms with E-state index in [0.29, 0.717) is 6.54 Å². The van der Waals surface area contributed by atoms with Gasteiger partial charge in [-0.15, -0.1) is 0 Å². The summed E-state index contributed by atoms with van der Waals surface area (Å²) in [5.41, 5.74) is 2.03. The monoisotopic (exact) mass is 513 g/mol. The fourth-order valence-electron chi connectivity index (χ4n) is 3.20. The van der Waals surface area contributed by atoms with Crippen LogP contribution < -0.4 is 9.62 Å². The fraction of sp³-hybridized carbons (Fsp3) is 0.391. The smallest absolute Gasteiger partial charge is 0.244 e. The van der Waals surface area contributed by atoms with Gasteiger partial charge in [0.25, 0.3) is 0 Å². The number of halogens is 2. The van der Waals surface area contributed by atoms with Crippen LogP contribution in [0.2, 0.25) is 10.0 Å². The first-order valence-electron chi connectivity index (χ1n) is 10.5. The Morgan fingerprint density at radius 1 is 1.09 bits per heavy atom. The van der Waals surface area contributed by atoms with Gasteiger partial charge in [0.15, 0.2) is 0 Å². The lowest BCUT2D eigenvalue weighted by Crippen LogP contribution is -2.51. The molecule has 0 aliphatic carbocycles. The number of hydrogen-bond acceptors (Lipinski definition) is 4. The molecule has 2 aromatic carbocycles. The van der Waals surface area contributed by atoms with E-state index in [9.17, 15) is 18.0 Å². The average molecular weight is 514 g/mol. The van der Waals surface area contributed by atoms with E-state index in [0.717, 1.165) is 28.1 Å². The number of nitrogens with one attached hydrogen (secondary N) is 1. The summed E-state index contributed by atoms with van der Waals surface area (Å²) in [5.74, 6) is -0.826. The predicted molar refractivity (Wildman–Crippen MR) is 133 cm³/mol. The van der Waals surface area contributed by atoms with E-state index in [1.807, 2.05) is 38.1 Å². The standard InChI is InChI=1S/C23H29Cl2N3O4S/c1-5-12-26-23(30)17(3)27(14-18-9-7-6-8-16(18)2)22(29)15-28(33(4,31)32)19-10-11-20(24)21(25)13-19/h6-11,13,17H,5,12,14-15H2,1-4H3,(H,26,30)/t17-/m0/s1. The van der Waals surface area contributed by atoms with Crippen molar-refractivity contribution in [3.63, 3.8) is 0 Å². The molecule has 0 aromatic heterocycles. The SMILES string of the molecule is CCCNC(=O)[C@H](C)N(Cc1ccccc1C)C(=O)CN(c1ccc(Cl)c(Cl)c1)S(C)(=O)=O. The second kappa shape index (κ2) is 11.7. The van der Waals surface area contributed by atoms with Crippen LogP contribution in [0.15, 0.2) is 42.5 Å². The number of aryl methyl sites for hydroxylation is 1. The third kappa shape index (κ3) is 7.35. The minimum atomic E-state index is -3.83. The topological polar surface area (TPSA) is 86.8 Å². The molecule has 33 heavy (non-hydrogen) atoms. The second-order valence-corrected chi connectivity index (χ2v) is 10.5. The molecule has 1 N–H and O–H groups in total. The fourth-order valence-corrected chi connectivity index (χ4v) is 4.34. The number of carbonyl (C=O) groups is 2. The van der Waals surface area contributed by atoms with E-state index in [-0.39, 0.29) is 28.2 Å². The minimum absolute atomic E-state index is 0.158. The lowest BCUT2D eigenvalue weighted by Gasteiger charge is -2.32. The van der Waals surface area contributed by atoms with Crippen molar-refractivity contribution >= 4 is 50.7 Å². The van der Waals surface area contributed by atoms with Crippen molar-refractivity contribution in [2.75, 3.05) is 23.7 Å². The van der Waals surface area contributed by atoms with Crippen LogP contribution in [-0.4, -0.2) is 50.5 Å². The molecular weight excluding hydrogens is 485 g/mol. The zero-order valence-electron chi connectivity index (χ0n) is 19.1.